The molecule has 0 atom stereocenters. The van der Waals surface area contributed by atoms with Gasteiger partial charge in [-0.3, -0.25) is 0 Å². The summed E-state index contributed by atoms with van der Waals surface area (Å²) in [7, 11) is 0. The molecule has 92 valence electrons. The van der Waals surface area contributed by atoms with Crippen LogP contribution in [0.25, 0.3) is 0 Å². The van der Waals surface area contributed by atoms with Crippen molar-refractivity contribution >= 4 is 5.97 Å². The van der Waals surface area contributed by atoms with Crippen molar-refractivity contribution < 1.29 is 9.53 Å². The lowest BCUT2D eigenvalue weighted by molar-refractivity contribution is -0.148. The van der Waals surface area contributed by atoms with Crippen LogP contribution >= 0.6 is 0 Å². The summed E-state index contributed by atoms with van der Waals surface area (Å²) in [6.07, 6.45) is 2.35. The van der Waals surface area contributed by atoms with Crippen LogP contribution in [0.4, 0.5) is 0 Å². The normalized spacial score (nSPS) is 12.4. The predicted molar refractivity (Wildman–Crippen MR) is 69.7 cm³/mol. The molecular formula is C15H20O2. The summed E-state index contributed by atoms with van der Waals surface area (Å²) in [5.74, 6) is -0.272. The first-order chi connectivity index (χ1) is 7.87. The molecule has 1 aromatic carbocycles. The monoisotopic (exact) mass is 232 g/mol. The first-order valence-electron chi connectivity index (χ1n) is 5.81. The van der Waals surface area contributed by atoms with E-state index in [1.54, 1.807) is 6.08 Å². The molecule has 2 nitrogen and oxygen atoms in total. The van der Waals surface area contributed by atoms with Gasteiger partial charge in [0.05, 0.1) is 0 Å². The minimum atomic E-state index is -0.430. The average molecular weight is 232 g/mol. The molecule has 1 aromatic rings. The second kappa shape index (κ2) is 5.67. The summed E-state index contributed by atoms with van der Waals surface area (Å²) in [4.78, 5) is 11.6. The quantitative estimate of drug-likeness (QED) is 0.589. The van der Waals surface area contributed by atoms with Crippen molar-refractivity contribution in [1.82, 2.24) is 0 Å². The minimum Gasteiger partial charge on any atom is -0.457 e. The van der Waals surface area contributed by atoms with Crippen molar-refractivity contribution in [3.05, 3.63) is 47.5 Å². The number of hydrogen-bond donors (Lipinski definition) is 0. The molecule has 0 amide bonds. The maximum atomic E-state index is 11.6. The van der Waals surface area contributed by atoms with Gasteiger partial charge in [0.25, 0.3) is 0 Å². The van der Waals surface area contributed by atoms with E-state index in [4.69, 9.17) is 4.74 Å². The first-order valence-corrected chi connectivity index (χ1v) is 5.81. The second-order valence-electron chi connectivity index (χ2n) is 5.19. The van der Waals surface area contributed by atoms with Crippen LogP contribution < -0.4 is 0 Å². The van der Waals surface area contributed by atoms with Crippen molar-refractivity contribution in [1.29, 1.82) is 0 Å². The van der Waals surface area contributed by atoms with E-state index in [1.165, 1.54) is 5.56 Å². The van der Waals surface area contributed by atoms with Crippen molar-refractivity contribution in [2.24, 2.45) is 0 Å². The maximum Gasteiger partial charge on any atom is 0.331 e. The number of hydrogen-bond acceptors (Lipinski definition) is 2. The van der Waals surface area contributed by atoms with Crippen molar-refractivity contribution in [2.45, 2.75) is 39.7 Å². The number of ether oxygens (including phenoxy) is 1. The van der Waals surface area contributed by atoms with E-state index < -0.39 is 5.60 Å². The summed E-state index contributed by atoms with van der Waals surface area (Å²) in [6.45, 7) is 7.54. The highest BCUT2D eigenvalue weighted by atomic mass is 16.6. The molecule has 0 aliphatic rings. The summed E-state index contributed by atoms with van der Waals surface area (Å²) in [5, 5.41) is 0. The van der Waals surface area contributed by atoms with Gasteiger partial charge < -0.3 is 4.74 Å². The van der Waals surface area contributed by atoms with Gasteiger partial charge in [-0.05, 0) is 39.7 Å². The number of carbonyl (C=O) groups excluding carboxylic acids is 1. The average Bonchev–Trinajstić information content (AvgIpc) is 2.15. The van der Waals surface area contributed by atoms with Gasteiger partial charge in [0.15, 0.2) is 0 Å². The van der Waals surface area contributed by atoms with Gasteiger partial charge in [0.2, 0.25) is 0 Å². The maximum absolute atomic E-state index is 11.6. The molecule has 0 aromatic heterocycles. The number of esters is 1. The Kier molecular flexibility index (Phi) is 4.50. The number of rotatable bonds is 3. The molecule has 1 rings (SSSR count). The van der Waals surface area contributed by atoms with Gasteiger partial charge >= 0.3 is 5.97 Å². The largest absolute Gasteiger partial charge is 0.457 e. The Morgan fingerprint density at radius 3 is 2.35 bits per heavy atom. The lowest BCUT2D eigenvalue weighted by Gasteiger charge is -2.18. The highest BCUT2D eigenvalue weighted by molar-refractivity contribution is 5.83. The molecular weight excluding hydrogens is 212 g/mol. The lowest BCUT2D eigenvalue weighted by Crippen LogP contribution is -2.22. The zero-order valence-corrected chi connectivity index (χ0v) is 11.0. The Bertz CT molecular complexity index is 397. The van der Waals surface area contributed by atoms with Crippen molar-refractivity contribution in [2.75, 3.05) is 0 Å². The highest BCUT2D eigenvalue weighted by Crippen LogP contribution is 2.10. The van der Waals surface area contributed by atoms with Crippen LogP contribution in [0.1, 0.15) is 33.3 Å². The summed E-state index contributed by atoms with van der Waals surface area (Å²) < 4.78 is 5.23. The minimum absolute atomic E-state index is 0.272. The zero-order valence-electron chi connectivity index (χ0n) is 11.0. The molecule has 0 spiro atoms. The van der Waals surface area contributed by atoms with E-state index in [1.807, 2.05) is 58.0 Å². The standard InChI is InChI=1S/C15H20O2/c1-12(10-13-8-6-5-7-9-13)11-14(16)17-15(2,3)4/h5-9,11H,10H2,1-4H3/b12-11-. The fourth-order valence-electron chi connectivity index (χ4n) is 1.50. The van der Waals surface area contributed by atoms with E-state index >= 15 is 0 Å². The van der Waals surface area contributed by atoms with Crippen LogP contribution in [0.2, 0.25) is 0 Å². The second-order valence-corrected chi connectivity index (χ2v) is 5.19. The third-order valence-electron chi connectivity index (χ3n) is 2.10. The third kappa shape index (κ3) is 5.91. The van der Waals surface area contributed by atoms with Gasteiger partial charge in [-0.15, -0.1) is 0 Å². The molecule has 2 heteroatoms. The Labute approximate surface area is 103 Å². The molecule has 0 fully saturated rings. The third-order valence-corrected chi connectivity index (χ3v) is 2.10. The fourth-order valence-corrected chi connectivity index (χ4v) is 1.50. The van der Waals surface area contributed by atoms with Crippen LogP contribution in [0.15, 0.2) is 42.0 Å². The van der Waals surface area contributed by atoms with Crippen LogP contribution in [-0.2, 0) is 16.0 Å². The number of allylic oxidation sites excluding steroid dienone is 1. The molecule has 0 heterocycles. The van der Waals surface area contributed by atoms with E-state index in [2.05, 4.69) is 0 Å². The van der Waals surface area contributed by atoms with E-state index in [0.717, 1.165) is 12.0 Å². The van der Waals surface area contributed by atoms with Crippen molar-refractivity contribution in [3.8, 4) is 0 Å². The van der Waals surface area contributed by atoms with Gasteiger partial charge in [-0.1, -0.05) is 35.9 Å². The smallest absolute Gasteiger partial charge is 0.331 e. The van der Waals surface area contributed by atoms with Crippen LogP contribution in [0.3, 0.4) is 0 Å². The van der Waals surface area contributed by atoms with Gasteiger partial charge in [0.1, 0.15) is 5.60 Å². The van der Waals surface area contributed by atoms with E-state index in [-0.39, 0.29) is 5.97 Å². The van der Waals surface area contributed by atoms with Gasteiger partial charge in [-0.2, -0.15) is 0 Å². The first kappa shape index (κ1) is 13.5. The Morgan fingerprint density at radius 2 is 1.82 bits per heavy atom. The van der Waals surface area contributed by atoms with E-state index in [0.29, 0.717) is 0 Å². The predicted octanol–water partition coefficient (Wildman–Crippen LogP) is 3.52. The van der Waals surface area contributed by atoms with E-state index in [9.17, 15) is 4.79 Å². The lowest BCUT2D eigenvalue weighted by atomic mass is 10.1. The Morgan fingerprint density at radius 1 is 1.24 bits per heavy atom. The summed E-state index contributed by atoms with van der Waals surface area (Å²) in [5.41, 5.74) is 1.77. The van der Waals surface area contributed by atoms with Gasteiger partial charge in [0, 0.05) is 6.08 Å². The molecule has 0 saturated heterocycles. The Hall–Kier alpha value is -1.57. The fraction of sp³-hybridized carbons (Fsp3) is 0.400. The number of benzene rings is 1. The SMILES string of the molecule is C/C(=C/C(=O)OC(C)(C)C)Cc1ccccc1. The van der Waals surface area contributed by atoms with Crippen LogP contribution in [-0.4, -0.2) is 11.6 Å². The topological polar surface area (TPSA) is 26.3 Å². The summed E-state index contributed by atoms with van der Waals surface area (Å²) >= 11 is 0. The number of carbonyl (C=O) groups is 1. The van der Waals surface area contributed by atoms with Gasteiger partial charge in [-0.25, -0.2) is 4.79 Å². The molecule has 0 unspecified atom stereocenters. The summed E-state index contributed by atoms with van der Waals surface area (Å²) in [6, 6.07) is 10.1. The highest BCUT2D eigenvalue weighted by Gasteiger charge is 2.14. The zero-order chi connectivity index (χ0) is 12.9. The molecule has 17 heavy (non-hydrogen) atoms. The van der Waals surface area contributed by atoms with Crippen LogP contribution in [0.5, 0.6) is 0 Å². The molecule has 0 bridgehead atoms. The Balaban J connectivity index is 2.58. The van der Waals surface area contributed by atoms with Crippen molar-refractivity contribution in [3.63, 3.8) is 0 Å². The molecule has 0 aliphatic heterocycles. The molecule has 0 N–H and O–H groups in total. The molecule has 0 saturated carbocycles. The molecule has 0 radical (unpaired) electrons. The van der Waals surface area contributed by atoms with Crippen LogP contribution in [0, 0.1) is 0 Å². The molecule has 0 aliphatic carbocycles.